The fourth-order valence-corrected chi connectivity index (χ4v) is 3.01. The summed E-state index contributed by atoms with van der Waals surface area (Å²) in [6.07, 6.45) is 2.52. The topological polar surface area (TPSA) is 105 Å². The molecule has 20 heavy (non-hydrogen) atoms. The van der Waals surface area contributed by atoms with Crippen LogP contribution in [0.2, 0.25) is 0 Å². The van der Waals surface area contributed by atoms with Crippen LogP contribution in [0.5, 0.6) is 0 Å². The minimum atomic E-state index is -4.73. The molecule has 1 saturated heterocycles. The Hall–Kier alpha value is -1.65. The largest absolute Gasteiger partial charge is 0.418 e. The van der Waals surface area contributed by atoms with Crippen LogP contribution >= 0.6 is 0 Å². The smallest absolute Gasteiger partial charge is 0.314 e. The normalized spacial score (nSPS) is 21.5. The molecule has 1 atom stereocenters. The van der Waals surface area contributed by atoms with Gasteiger partial charge in [-0.1, -0.05) is 6.92 Å². The summed E-state index contributed by atoms with van der Waals surface area (Å²) in [6, 6.07) is -1.15. The lowest BCUT2D eigenvalue weighted by molar-refractivity contribution is -0.0316. The first-order valence-electron chi connectivity index (χ1n) is 6.20. The van der Waals surface area contributed by atoms with Crippen molar-refractivity contribution in [2.45, 2.75) is 32.5 Å². The Bertz CT molecular complexity index is 655. The van der Waals surface area contributed by atoms with Gasteiger partial charge in [0.05, 0.1) is 25.0 Å². The lowest BCUT2D eigenvalue weighted by Gasteiger charge is -2.22. The number of hydroxylamine groups is 2. The maximum absolute atomic E-state index is 12.0. The summed E-state index contributed by atoms with van der Waals surface area (Å²) >= 11 is 0. The molecular weight excluding hydrogens is 288 g/mol. The monoisotopic (exact) mass is 302 g/mol. The summed E-state index contributed by atoms with van der Waals surface area (Å²) < 4.78 is 36.6. The molecule has 1 aromatic rings. The summed E-state index contributed by atoms with van der Waals surface area (Å²) in [5.41, 5.74) is 1.63. The van der Waals surface area contributed by atoms with Gasteiger partial charge in [0.25, 0.3) is 0 Å². The van der Waals surface area contributed by atoms with Crippen molar-refractivity contribution in [3.63, 3.8) is 0 Å². The van der Waals surface area contributed by atoms with E-state index in [4.69, 9.17) is 4.55 Å². The Kier molecular flexibility index (Phi) is 2.96. The quantitative estimate of drug-likeness (QED) is 0.803. The van der Waals surface area contributed by atoms with Crippen LogP contribution in [0.4, 0.5) is 4.79 Å². The Morgan fingerprint density at radius 2 is 2.30 bits per heavy atom. The number of aromatic nitrogens is 2. The van der Waals surface area contributed by atoms with Crippen molar-refractivity contribution in [3.05, 3.63) is 17.5 Å². The molecule has 0 aromatic carbocycles. The van der Waals surface area contributed by atoms with Crippen molar-refractivity contribution in [3.8, 4) is 0 Å². The van der Waals surface area contributed by atoms with E-state index < -0.39 is 22.5 Å². The number of aryl methyl sites for hydroxylation is 1. The van der Waals surface area contributed by atoms with Crippen LogP contribution < -0.4 is 0 Å². The third kappa shape index (κ3) is 2.05. The number of nitrogens with zero attached hydrogens (tertiary/aromatic N) is 4. The molecule has 1 unspecified atom stereocenters. The van der Waals surface area contributed by atoms with Crippen molar-refractivity contribution < 1.29 is 22.0 Å². The molecule has 10 heteroatoms. The van der Waals surface area contributed by atoms with Crippen LogP contribution in [0.1, 0.15) is 30.6 Å². The number of amides is 2. The fraction of sp³-hybridized carbons (Fsp3) is 0.600. The molecule has 1 N–H and O–H groups in total. The third-order valence-corrected chi connectivity index (χ3v) is 3.77. The number of carbonyl (C=O) groups excluding carboxylic acids is 1. The minimum Gasteiger partial charge on any atom is -0.314 e. The SMILES string of the molecule is CCCn1ncc2c1CN1CC2N(OS(=O)(=O)O)C1=O. The highest BCUT2D eigenvalue weighted by Gasteiger charge is 2.47. The number of hydrogen-bond donors (Lipinski definition) is 1. The Morgan fingerprint density at radius 1 is 1.55 bits per heavy atom. The molecule has 2 aliphatic heterocycles. The number of fused-ring (bicyclic) bond motifs is 4. The summed E-state index contributed by atoms with van der Waals surface area (Å²) in [5.74, 6) is 0. The third-order valence-electron chi connectivity index (χ3n) is 3.43. The maximum atomic E-state index is 12.0. The predicted molar refractivity (Wildman–Crippen MR) is 65.5 cm³/mol. The first-order chi connectivity index (χ1) is 9.40. The zero-order valence-electron chi connectivity index (χ0n) is 10.8. The fourth-order valence-electron chi connectivity index (χ4n) is 2.64. The van der Waals surface area contributed by atoms with Gasteiger partial charge < -0.3 is 4.90 Å². The van der Waals surface area contributed by atoms with E-state index in [1.54, 1.807) is 10.9 Å². The molecule has 3 rings (SSSR count). The molecule has 110 valence electrons. The second kappa shape index (κ2) is 4.43. The van der Waals surface area contributed by atoms with Crippen molar-refractivity contribution in [1.82, 2.24) is 19.7 Å². The van der Waals surface area contributed by atoms with Gasteiger partial charge in [0.15, 0.2) is 0 Å². The predicted octanol–water partition coefficient (Wildman–Crippen LogP) is 0.320. The van der Waals surface area contributed by atoms with Gasteiger partial charge >= 0.3 is 16.4 Å². The first-order valence-corrected chi connectivity index (χ1v) is 7.57. The van der Waals surface area contributed by atoms with Crippen LogP contribution in [0.3, 0.4) is 0 Å². The number of carbonyl (C=O) groups is 1. The van der Waals surface area contributed by atoms with E-state index in [-0.39, 0.29) is 0 Å². The van der Waals surface area contributed by atoms with Gasteiger partial charge in [-0.3, -0.25) is 9.23 Å². The average Bonchev–Trinajstić information content (AvgIpc) is 2.86. The van der Waals surface area contributed by atoms with Gasteiger partial charge in [0.1, 0.15) is 6.04 Å². The van der Waals surface area contributed by atoms with Crippen LogP contribution in [0.15, 0.2) is 6.20 Å². The van der Waals surface area contributed by atoms with E-state index in [0.29, 0.717) is 18.2 Å². The molecule has 9 nitrogen and oxygen atoms in total. The molecule has 1 aromatic heterocycles. The lowest BCUT2D eigenvalue weighted by atomic mass is 10.1. The van der Waals surface area contributed by atoms with E-state index in [2.05, 4.69) is 9.38 Å². The molecule has 0 aliphatic carbocycles. The highest BCUT2D eigenvalue weighted by Crippen LogP contribution is 2.38. The molecule has 2 amide bonds. The molecule has 3 heterocycles. The summed E-state index contributed by atoms with van der Waals surface area (Å²) in [7, 11) is -4.73. The van der Waals surface area contributed by atoms with Gasteiger partial charge in [-0.2, -0.15) is 18.6 Å². The van der Waals surface area contributed by atoms with Crippen LogP contribution in [0.25, 0.3) is 0 Å². The number of urea groups is 1. The molecule has 0 radical (unpaired) electrons. The van der Waals surface area contributed by atoms with E-state index in [1.807, 2.05) is 6.92 Å². The van der Waals surface area contributed by atoms with E-state index in [0.717, 1.165) is 24.2 Å². The molecule has 2 aliphatic rings. The Balaban J connectivity index is 1.97. The maximum Gasteiger partial charge on any atom is 0.418 e. The van der Waals surface area contributed by atoms with E-state index in [1.165, 1.54) is 4.90 Å². The van der Waals surface area contributed by atoms with Crippen molar-refractivity contribution in [1.29, 1.82) is 0 Å². The number of rotatable bonds is 4. The Morgan fingerprint density at radius 3 is 2.95 bits per heavy atom. The number of hydrogen-bond acceptors (Lipinski definition) is 5. The molecule has 2 bridgehead atoms. The van der Waals surface area contributed by atoms with Gasteiger partial charge in [-0.15, -0.1) is 4.28 Å². The van der Waals surface area contributed by atoms with Gasteiger partial charge in [0, 0.05) is 12.1 Å². The second-order valence-electron chi connectivity index (χ2n) is 4.78. The minimum absolute atomic E-state index is 0.319. The molecular formula is C10H14N4O5S. The zero-order chi connectivity index (χ0) is 14.5. The molecule has 0 saturated carbocycles. The zero-order valence-corrected chi connectivity index (χ0v) is 11.6. The van der Waals surface area contributed by atoms with Crippen LogP contribution in [0, 0.1) is 0 Å². The highest BCUT2D eigenvalue weighted by atomic mass is 32.3. The molecule has 1 fully saturated rings. The summed E-state index contributed by atoms with van der Waals surface area (Å²) in [4.78, 5) is 13.5. The highest BCUT2D eigenvalue weighted by molar-refractivity contribution is 7.80. The van der Waals surface area contributed by atoms with Crippen LogP contribution in [-0.2, 0) is 27.8 Å². The molecule has 0 spiro atoms. The summed E-state index contributed by atoms with van der Waals surface area (Å²) in [6.45, 7) is 3.42. The van der Waals surface area contributed by atoms with E-state index in [9.17, 15) is 13.2 Å². The van der Waals surface area contributed by atoms with Crippen molar-refractivity contribution >= 4 is 16.4 Å². The van der Waals surface area contributed by atoms with Gasteiger partial charge in [0.2, 0.25) is 0 Å². The van der Waals surface area contributed by atoms with Crippen molar-refractivity contribution in [2.75, 3.05) is 6.54 Å². The lowest BCUT2D eigenvalue weighted by Crippen LogP contribution is -2.32. The second-order valence-corrected chi connectivity index (χ2v) is 5.78. The Labute approximate surface area is 115 Å². The standard InChI is InChI=1S/C10H14N4O5S/c1-2-3-13-8-5-12-6-9(7(8)4-11-13)14(10(12)15)19-20(16,17)18/h4,9H,2-3,5-6H2,1H3,(H,16,17,18). The first kappa shape index (κ1) is 13.3. The van der Waals surface area contributed by atoms with Crippen LogP contribution in [-0.4, -0.2) is 45.3 Å². The van der Waals surface area contributed by atoms with Gasteiger partial charge in [-0.25, -0.2) is 4.79 Å². The van der Waals surface area contributed by atoms with Crippen molar-refractivity contribution in [2.24, 2.45) is 0 Å². The average molecular weight is 302 g/mol. The van der Waals surface area contributed by atoms with E-state index >= 15 is 0 Å². The van der Waals surface area contributed by atoms with Gasteiger partial charge in [-0.05, 0) is 6.42 Å². The summed E-state index contributed by atoms with van der Waals surface area (Å²) in [5, 5.41) is 4.94.